The van der Waals surface area contributed by atoms with Gasteiger partial charge in [-0.15, -0.1) is 0 Å². The van der Waals surface area contributed by atoms with E-state index in [1.165, 1.54) is 0 Å². The molecule has 1 atom stereocenters. The number of aryl methyl sites for hydroxylation is 1. The number of carbonyl (C=O) groups is 2. The smallest absolute Gasteiger partial charge is 0.257 e. The number of piperidine rings is 1. The number of carbonyl (C=O) groups excluding carboxylic acids is 2. The minimum atomic E-state index is -0.279. The number of likely N-dealkylation sites (tertiary alicyclic amines) is 1. The van der Waals surface area contributed by atoms with Crippen molar-refractivity contribution in [2.45, 2.75) is 64.6 Å². The normalized spacial score (nSPS) is 21.1. The van der Waals surface area contributed by atoms with E-state index in [1.54, 1.807) is 22.0 Å². The summed E-state index contributed by atoms with van der Waals surface area (Å²) < 4.78 is 1.73. The van der Waals surface area contributed by atoms with E-state index in [0.29, 0.717) is 55.2 Å². The van der Waals surface area contributed by atoms with Crippen molar-refractivity contribution in [3.05, 3.63) is 45.4 Å². The Morgan fingerprint density at radius 1 is 1.19 bits per heavy atom. The Bertz CT molecular complexity index is 1070. The Labute approximate surface area is 180 Å². The van der Waals surface area contributed by atoms with E-state index in [9.17, 15) is 14.4 Å². The number of amides is 2. The zero-order chi connectivity index (χ0) is 21.5. The van der Waals surface area contributed by atoms with Gasteiger partial charge in [0.15, 0.2) is 0 Å². The molecule has 1 N–H and O–H groups in total. The standard InChI is InChI=1S/C22H28N6O3/c1-2-27-12-15(11-23-27)22(31)28-9-4-3-5-18(28)19-24-17-13-26(21(30)14-6-7-14)10-8-16(17)20(29)25-19/h11-12,14,18H,2-10,13H2,1H3,(H,24,25,29). The van der Waals surface area contributed by atoms with Crippen molar-refractivity contribution in [1.29, 1.82) is 0 Å². The molecule has 2 aliphatic heterocycles. The van der Waals surface area contributed by atoms with Crippen LogP contribution in [-0.2, 0) is 24.3 Å². The fourth-order valence-corrected chi connectivity index (χ4v) is 4.66. The van der Waals surface area contributed by atoms with Gasteiger partial charge in [0.1, 0.15) is 5.82 Å². The molecular weight excluding hydrogens is 396 g/mol. The number of nitrogens with zero attached hydrogens (tertiary/aromatic N) is 5. The predicted octanol–water partition coefficient (Wildman–Crippen LogP) is 1.65. The Balaban J connectivity index is 1.43. The molecule has 0 spiro atoms. The molecule has 2 amide bonds. The summed E-state index contributed by atoms with van der Waals surface area (Å²) in [5, 5.41) is 4.22. The summed E-state index contributed by atoms with van der Waals surface area (Å²) >= 11 is 0. The van der Waals surface area contributed by atoms with Crippen LogP contribution < -0.4 is 5.56 Å². The number of fused-ring (bicyclic) bond motifs is 1. The molecule has 0 aromatic carbocycles. The van der Waals surface area contributed by atoms with E-state index in [0.717, 1.165) is 32.1 Å². The molecule has 0 radical (unpaired) electrons. The first kappa shape index (κ1) is 20.0. The van der Waals surface area contributed by atoms with Crippen LogP contribution >= 0.6 is 0 Å². The molecule has 1 aliphatic carbocycles. The van der Waals surface area contributed by atoms with Crippen LogP contribution in [0.4, 0.5) is 0 Å². The van der Waals surface area contributed by atoms with Crippen LogP contribution in [-0.4, -0.2) is 54.5 Å². The van der Waals surface area contributed by atoms with Crippen molar-refractivity contribution in [2.75, 3.05) is 13.1 Å². The second-order valence-electron chi connectivity index (χ2n) is 8.76. The highest BCUT2D eigenvalue weighted by Crippen LogP contribution is 2.33. The molecule has 9 heteroatoms. The average Bonchev–Trinajstić information content (AvgIpc) is 3.54. The van der Waals surface area contributed by atoms with Gasteiger partial charge in [0.05, 0.1) is 30.0 Å². The first-order valence-electron chi connectivity index (χ1n) is 11.3. The van der Waals surface area contributed by atoms with Gasteiger partial charge in [0, 0.05) is 37.3 Å². The maximum atomic E-state index is 13.2. The number of H-pyrrole nitrogens is 1. The number of nitrogens with one attached hydrogen (secondary N) is 1. The number of hydrogen-bond acceptors (Lipinski definition) is 5. The van der Waals surface area contributed by atoms with Gasteiger partial charge in [-0.3, -0.25) is 19.1 Å². The van der Waals surface area contributed by atoms with Gasteiger partial charge in [-0.25, -0.2) is 4.98 Å². The molecule has 2 aromatic rings. The fraction of sp³-hybridized carbons (Fsp3) is 0.591. The lowest BCUT2D eigenvalue weighted by Crippen LogP contribution is -2.42. The second kappa shape index (κ2) is 7.94. The summed E-state index contributed by atoms with van der Waals surface area (Å²) in [7, 11) is 0. The van der Waals surface area contributed by atoms with E-state index in [2.05, 4.69) is 10.1 Å². The summed E-state index contributed by atoms with van der Waals surface area (Å²) in [6.07, 6.45) is 8.45. The van der Waals surface area contributed by atoms with Crippen LogP contribution in [0.2, 0.25) is 0 Å². The van der Waals surface area contributed by atoms with Crippen molar-refractivity contribution >= 4 is 11.8 Å². The van der Waals surface area contributed by atoms with Crippen LogP contribution in [0, 0.1) is 5.92 Å². The third-order valence-corrected chi connectivity index (χ3v) is 6.61. The van der Waals surface area contributed by atoms with Gasteiger partial charge in [0.2, 0.25) is 5.91 Å². The number of rotatable bonds is 4. The third-order valence-electron chi connectivity index (χ3n) is 6.61. The van der Waals surface area contributed by atoms with Gasteiger partial charge < -0.3 is 14.8 Å². The molecule has 164 valence electrons. The Hall–Kier alpha value is -2.97. The van der Waals surface area contributed by atoms with Crippen molar-refractivity contribution in [3.8, 4) is 0 Å². The molecular formula is C22H28N6O3. The van der Waals surface area contributed by atoms with E-state index in [1.807, 2.05) is 11.8 Å². The summed E-state index contributed by atoms with van der Waals surface area (Å²) in [5.41, 5.74) is 1.75. The molecule has 1 saturated heterocycles. The van der Waals surface area contributed by atoms with E-state index in [-0.39, 0.29) is 29.3 Å². The van der Waals surface area contributed by atoms with Crippen molar-refractivity contribution < 1.29 is 9.59 Å². The Morgan fingerprint density at radius 3 is 2.77 bits per heavy atom. The third kappa shape index (κ3) is 3.77. The SMILES string of the molecule is CCn1cc(C(=O)N2CCCCC2c2nc3c(c(=O)[nH]2)CCN(C(=O)C2CC2)C3)cn1. The molecule has 1 saturated carbocycles. The molecule has 5 rings (SSSR count). The Morgan fingerprint density at radius 2 is 2.03 bits per heavy atom. The van der Waals surface area contributed by atoms with Crippen LogP contribution in [0.25, 0.3) is 0 Å². The highest BCUT2D eigenvalue weighted by molar-refractivity contribution is 5.94. The van der Waals surface area contributed by atoms with Crippen molar-refractivity contribution in [2.24, 2.45) is 5.92 Å². The quantitative estimate of drug-likeness (QED) is 0.804. The summed E-state index contributed by atoms with van der Waals surface area (Å²) in [6.45, 7) is 4.25. The maximum absolute atomic E-state index is 13.2. The van der Waals surface area contributed by atoms with Crippen molar-refractivity contribution in [1.82, 2.24) is 29.5 Å². The second-order valence-corrected chi connectivity index (χ2v) is 8.76. The van der Waals surface area contributed by atoms with E-state index in [4.69, 9.17) is 4.98 Å². The Kier molecular flexibility index (Phi) is 5.11. The topological polar surface area (TPSA) is 104 Å². The predicted molar refractivity (Wildman–Crippen MR) is 112 cm³/mol. The molecule has 9 nitrogen and oxygen atoms in total. The monoisotopic (exact) mass is 424 g/mol. The maximum Gasteiger partial charge on any atom is 0.257 e. The number of aromatic nitrogens is 4. The summed E-state index contributed by atoms with van der Waals surface area (Å²) in [5.74, 6) is 0.769. The number of hydrogen-bond donors (Lipinski definition) is 1. The largest absolute Gasteiger partial charge is 0.336 e. The van der Waals surface area contributed by atoms with Crippen LogP contribution in [0.1, 0.15) is 72.5 Å². The number of aromatic amines is 1. The zero-order valence-corrected chi connectivity index (χ0v) is 17.8. The molecule has 3 aliphatic rings. The summed E-state index contributed by atoms with van der Waals surface area (Å²) in [4.78, 5) is 49.9. The van der Waals surface area contributed by atoms with Crippen LogP contribution in [0.3, 0.4) is 0 Å². The lowest BCUT2D eigenvalue weighted by Gasteiger charge is -2.35. The van der Waals surface area contributed by atoms with Crippen molar-refractivity contribution in [3.63, 3.8) is 0 Å². The first-order valence-corrected chi connectivity index (χ1v) is 11.3. The summed E-state index contributed by atoms with van der Waals surface area (Å²) in [6, 6.07) is -0.279. The minimum Gasteiger partial charge on any atom is -0.336 e. The molecule has 31 heavy (non-hydrogen) atoms. The highest BCUT2D eigenvalue weighted by atomic mass is 16.2. The van der Waals surface area contributed by atoms with Gasteiger partial charge in [-0.1, -0.05) is 0 Å². The highest BCUT2D eigenvalue weighted by Gasteiger charge is 2.36. The molecule has 2 fully saturated rings. The lowest BCUT2D eigenvalue weighted by molar-refractivity contribution is -0.133. The van der Waals surface area contributed by atoms with Gasteiger partial charge >= 0.3 is 0 Å². The van der Waals surface area contributed by atoms with E-state index >= 15 is 0 Å². The molecule has 2 aromatic heterocycles. The van der Waals surface area contributed by atoms with Gasteiger partial charge in [-0.2, -0.15) is 5.10 Å². The molecule has 0 bridgehead atoms. The first-order chi connectivity index (χ1) is 15.0. The zero-order valence-electron chi connectivity index (χ0n) is 17.8. The van der Waals surface area contributed by atoms with Gasteiger partial charge in [-0.05, 0) is 45.4 Å². The molecule has 1 unspecified atom stereocenters. The molecule has 4 heterocycles. The lowest BCUT2D eigenvalue weighted by atomic mass is 9.99. The van der Waals surface area contributed by atoms with Crippen LogP contribution in [0.15, 0.2) is 17.2 Å². The minimum absolute atomic E-state index is 0.0877. The van der Waals surface area contributed by atoms with Crippen LogP contribution in [0.5, 0.6) is 0 Å². The average molecular weight is 425 g/mol. The van der Waals surface area contributed by atoms with E-state index < -0.39 is 0 Å². The van der Waals surface area contributed by atoms with Gasteiger partial charge in [0.25, 0.3) is 11.5 Å². The fourth-order valence-electron chi connectivity index (χ4n) is 4.66.